The summed E-state index contributed by atoms with van der Waals surface area (Å²) in [5.74, 6) is -0.833. The van der Waals surface area contributed by atoms with Crippen LogP contribution in [0.2, 0.25) is 0 Å². The van der Waals surface area contributed by atoms with Crippen LogP contribution in [0.25, 0.3) is 0 Å². The predicted octanol–water partition coefficient (Wildman–Crippen LogP) is 2.40. The molecule has 0 fully saturated rings. The summed E-state index contributed by atoms with van der Waals surface area (Å²) in [5, 5.41) is 8.68. The van der Waals surface area contributed by atoms with Crippen molar-refractivity contribution >= 4 is 20.5 Å². The SMILES string of the molecule is CC(=O)O.Pc1ccc[cH-]1.[Fe+2].c1cc[cH-]c1. The third kappa shape index (κ3) is 15.6. The van der Waals surface area contributed by atoms with Gasteiger partial charge in [-0.3, -0.25) is 4.79 Å². The molecule has 16 heavy (non-hydrogen) atoms. The molecule has 88 valence electrons. The molecule has 2 aromatic rings. The molecule has 2 rings (SSSR count). The summed E-state index contributed by atoms with van der Waals surface area (Å²) in [6.07, 6.45) is 0. The zero-order chi connectivity index (χ0) is 11.5. The van der Waals surface area contributed by atoms with Gasteiger partial charge < -0.3 is 5.11 Å². The van der Waals surface area contributed by atoms with E-state index in [1.54, 1.807) is 0 Å². The van der Waals surface area contributed by atoms with Crippen molar-refractivity contribution in [1.29, 1.82) is 0 Å². The predicted molar refractivity (Wildman–Crippen MR) is 66.7 cm³/mol. The van der Waals surface area contributed by atoms with Crippen LogP contribution in [0.15, 0.2) is 54.6 Å². The van der Waals surface area contributed by atoms with Gasteiger partial charge in [-0.1, -0.05) is 0 Å². The Kier molecular flexibility index (Phi) is 13.3. The van der Waals surface area contributed by atoms with Crippen molar-refractivity contribution in [3.05, 3.63) is 54.6 Å². The molecular weight excluding hydrogens is 263 g/mol. The van der Waals surface area contributed by atoms with Crippen LogP contribution >= 0.6 is 9.24 Å². The monoisotopic (exact) mass is 278 g/mol. The molecular formula is C12H15FeO2P. The standard InChI is InChI=1S/C5H6P.C5H5.C2H4O2.Fe/c6-5-3-1-2-4-5;1-2-4-5-3-1;1-2(3)4;/h1-4H,6H2;1-5H;1H3,(H,3,4);/q2*-1;;+2. The molecule has 0 saturated carbocycles. The van der Waals surface area contributed by atoms with Gasteiger partial charge >= 0.3 is 17.1 Å². The Balaban J connectivity index is 0. The van der Waals surface area contributed by atoms with E-state index in [0.717, 1.165) is 6.92 Å². The topological polar surface area (TPSA) is 37.3 Å². The number of carboxylic acids is 1. The van der Waals surface area contributed by atoms with Crippen molar-refractivity contribution in [2.24, 2.45) is 0 Å². The Bertz CT molecular complexity index is 307. The number of rotatable bonds is 0. The molecule has 0 aliphatic rings. The third-order valence-electron chi connectivity index (χ3n) is 1.24. The van der Waals surface area contributed by atoms with Crippen molar-refractivity contribution in [2.45, 2.75) is 6.92 Å². The molecule has 1 atom stereocenters. The molecule has 0 aliphatic carbocycles. The first-order valence-corrected chi connectivity index (χ1v) is 5.04. The molecule has 0 heterocycles. The summed E-state index contributed by atoms with van der Waals surface area (Å²) >= 11 is 0. The van der Waals surface area contributed by atoms with Crippen molar-refractivity contribution in [3.8, 4) is 0 Å². The van der Waals surface area contributed by atoms with E-state index in [1.807, 2.05) is 54.6 Å². The number of hydrogen-bond acceptors (Lipinski definition) is 1. The first-order chi connectivity index (χ1) is 7.13. The van der Waals surface area contributed by atoms with E-state index in [1.165, 1.54) is 5.30 Å². The minimum Gasteiger partial charge on any atom is -0.481 e. The van der Waals surface area contributed by atoms with Crippen LogP contribution in [0.5, 0.6) is 0 Å². The van der Waals surface area contributed by atoms with E-state index in [4.69, 9.17) is 9.90 Å². The van der Waals surface area contributed by atoms with Crippen molar-refractivity contribution in [3.63, 3.8) is 0 Å². The van der Waals surface area contributed by atoms with Gasteiger partial charge in [0.05, 0.1) is 0 Å². The van der Waals surface area contributed by atoms with Crippen LogP contribution in [-0.4, -0.2) is 11.1 Å². The number of carbonyl (C=O) groups is 1. The molecule has 0 spiro atoms. The molecule has 4 heteroatoms. The Labute approximate surface area is 109 Å². The number of carboxylic acid groups (broad SMARTS) is 1. The van der Waals surface area contributed by atoms with Crippen LogP contribution in [-0.2, 0) is 21.9 Å². The largest absolute Gasteiger partial charge is 2.00 e. The van der Waals surface area contributed by atoms with E-state index >= 15 is 0 Å². The summed E-state index contributed by atoms with van der Waals surface area (Å²) in [5.41, 5.74) is 0. The molecule has 1 unspecified atom stereocenters. The third-order valence-corrected chi connectivity index (χ3v) is 1.63. The molecule has 0 aromatic heterocycles. The van der Waals surface area contributed by atoms with Gasteiger partial charge in [0.15, 0.2) is 0 Å². The molecule has 0 bridgehead atoms. The van der Waals surface area contributed by atoms with Gasteiger partial charge in [0.2, 0.25) is 0 Å². The number of aliphatic carboxylic acids is 1. The smallest absolute Gasteiger partial charge is 0.481 e. The maximum Gasteiger partial charge on any atom is 2.00 e. The Morgan fingerprint density at radius 3 is 1.88 bits per heavy atom. The second-order valence-corrected chi connectivity index (χ2v) is 3.37. The van der Waals surface area contributed by atoms with E-state index < -0.39 is 5.97 Å². The first kappa shape index (κ1) is 17.5. The Morgan fingerprint density at radius 1 is 1.25 bits per heavy atom. The Hall–Kier alpha value is -0.881. The van der Waals surface area contributed by atoms with Gasteiger partial charge in [-0.05, 0) is 0 Å². The van der Waals surface area contributed by atoms with Gasteiger partial charge in [-0.25, -0.2) is 24.3 Å². The molecule has 1 N–H and O–H groups in total. The Morgan fingerprint density at radius 2 is 1.75 bits per heavy atom. The van der Waals surface area contributed by atoms with Gasteiger partial charge in [0.25, 0.3) is 5.97 Å². The first-order valence-electron chi connectivity index (χ1n) is 4.46. The van der Waals surface area contributed by atoms with E-state index in [-0.39, 0.29) is 17.1 Å². The summed E-state index contributed by atoms with van der Waals surface area (Å²) in [7, 11) is 2.62. The zero-order valence-electron chi connectivity index (χ0n) is 8.98. The second kappa shape index (κ2) is 12.2. The van der Waals surface area contributed by atoms with Crippen LogP contribution < -0.4 is 5.30 Å². The van der Waals surface area contributed by atoms with Gasteiger partial charge in [-0.2, -0.15) is 30.3 Å². The summed E-state index contributed by atoms with van der Waals surface area (Å²) < 4.78 is 0. The zero-order valence-corrected chi connectivity index (χ0v) is 11.2. The fraction of sp³-hybridized carbons (Fsp3) is 0.0833. The number of hydrogen-bond donors (Lipinski definition) is 1. The molecule has 0 amide bonds. The average molecular weight is 278 g/mol. The maximum absolute atomic E-state index is 9.00. The molecule has 0 aliphatic heterocycles. The molecule has 0 saturated heterocycles. The summed E-state index contributed by atoms with van der Waals surface area (Å²) in [6, 6.07) is 18.1. The average Bonchev–Trinajstić information content (AvgIpc) is 2.75. The fourth-order valence-corrected chi connectivity index (χ4v) is 0.932. The van der Waals surface area contributed by atoms with Crippen molar-refractivity contribution in [2.75, 3.05) is 0 Å². The van der Waals surface area contributed by atoms with Gasteiger partial charge in [-0.15, -0.1) is 14.5 Å². The quantitative estimate of drug-likeness (QED) is 0.456. The molecule has 2 nitrogen and oxygen atoms in total. The van der Waals surface area contributed by atoms with E-state index in [2.05, 4.69) is 9.24 Å². The normalized spacial score (nSPS) is 7.38. The van der Waals surface area contributed by atoms with Crippen molar-refractivity contribution in [1.82, 2.24) is 0 Å². The van der Waals surface area contributed by atoms with Crippen molar-refractivity contribution < 1.29 is 27.0 Å². The van der Waals surface area contributed by atoms with Crippen LogP contribution in [0, 0.1) is 0 Å². The molecule has 2 aromatic carbocycles. The fourth-order valence-electron chi connectivity index (χ4n) is 0.710. The van der Waals surface area contributed by atoms with Gasteiger partial charge in [0, 0.05) is 6.92 Å². The van der Waals surface area contributed by atoms with E-state index in [0.29, 0.717) is 0 Å². The molecule has 0 radical (unpaired) electrons. The minimum absolute atomic E-state index is 0. The minimum atomic E-state index is -0.833. The van der Waals surface area contributed by atoms with Crippen LogP contribution in [0.4, 0.5) is 0 Å². The van der Waals surface area contributed by atoms with Crippen LogP contribution in [0.1, 0.15) is 6.92 Å². The van der Waals surface area contributed by atoms with E-state index in [9.17, 15) is 0 Å². The van der Waals surface area contributed by atoms with Crippen LogP contribution in [0.3, 0.4) is 0 Å². The second-order valence-electron chi connectivity index (χ2n) is 2.70. The maximum atomic E-state index is 9.00. The van der Waals surface area contributed by atoms with Gasteiger partial charge in [0.1, 0.15) is 0 Å². The summed E-state index contributed by atoms with van der Waals surface area (Å²) in [6.45, 7) is 1.08. The summed E-state index contributed by atoms with van der Waals surface area (Å²) in [4.78, 5) is 9.00.